The van der Waals surface area contributed by atoms with Crippen LogP contribution in [0.3, 0.4) is 0 Å². The van der Waals surface area contributed by atoms with Crippen molar-refractivity contribution in [3.8, 4) is 0 Å². The highest BCUT2D eigenvalue weighted by Gasteiger charge is 2.11. The highest BCUT2D eigenvalue weighted by Crippen LogP contribution is 2.16. The molecular formula is C10H10N4O3S. The predicted molar refractivity (Wildman–Crippen MR) is 64.4 cm³/mol. The lowest BCUT2D eigenvalue weighted by Crippen LogP contribution is -2.12. The van der Waals surface area contributed by atoms with Gasteiger partial charge in [-0.3, -0.25) is 20.0 Å². The fraction of sp³-hybridized carbons (Fsp3) is 0.200. The van der Waals surface area contributed by atoms with Crippen LogP contribution in [-0.2, 0) is 16.0 Å². The minimum atomic E-state index is -0.369. The molecule has 18 heavy (non-hydrogen) atoms. The molecule has 0 spiro atoms. The number of aromatic nitrogens is 3. The van der Waals surface area contributed by atoms with E-state index in [2.05, 4.69) is 25.2 Å². The minimum absolute atomic E-state index is 0.0902. The number of rotatable bonds is 4. The predicted octanol–water partition coefficient (Wildman–Crippen LogP) is 0.834. The van der Waals surface area contributed by atoms with Crippen molar-refractivity contribution in [3.05, 3.63) is 29.0 Å². The molecule has 2 heterocycles. The van der Waals surface area contributed by atoms with Gasteiger partial charge in [0.1, 0.15) is 5.69 Å². The zero-order valence-electron chi connectivity index (χ0n) is 9.47. The van der Waals surface area contributed by atoms with Crippen LogP contribution < -0.4 is 5.32 Å². The lowest BCUT2D eigenvalue weighted by molar-refractivity contribution is -0.139. The third-order valence-corrected chi connectivity index (χ3v) is 2.88. The molecule has 8 heteroatoms. The highest BCUT2D eigenvalue weighted by molar-refractivity contribution is 7.14. The number of aromatic amines is 1. The number of nitrogens with one attached hydrogen (secondary N) is 2. The van der Waals surface area contributed by atoms with Crippen LogP contribution in [0.25, 0.3) is 0 Å². The zero-order chi connectivity index (χ0) is 13.0. The maximum Gasteiger partial charge on any atom is 0.311 e. The van der Waals surface area contributed by atoms with E-state index in [1.807, 2.05) is 0 Å². The number of hydrogen-bond acceptors (Lipinski definition) is 6. The fourth-order valence-electron chi connectivity index (χ4n) is 1.21. The Morgan fingerprint density at radius 1 is 1.56 bits per heavy atom. The summed E-state index contributed by atoms with van der Waals surface area (Å²) in [6.45, 7) is 0. The Morgan fingerprint density at radius 3 is 3.06 bits per heavy atom. The largest absolute Gasteiger partial charge is 0.469 e. The lowest BCUT2D eigenvalue weighted by atomic mass is 10.3. The third-order valence-electron chi connectivity index (χ3n) is 2.07. The van der Waals surface area contributed by atoms with Crippen molar-refractivity contribution in [3.63, 3.8) is 0 Å². The number of carbonyl (C=O) groups is 2. The molecule has 94 valence electrons. The summed E-state index contributed by atoms with van der Waals surface area (Å²) in [6, 6.07) is 1.55. The molecule has 7 nitrogen and oxygen atoms in total. The van der Waals surface area contributed by atoms with Gasteiger partial charge in [-0.1, -0.05) is 0 Å². The molecule has 0 aliphatic heterocycles. The van der Waals surface area contributed by atoms with Gasteiger partial charge >= 0.3 is 5.97 Å². The third kappa shape index (κ3) is 2.92. The molecule has 2 aromatic rings. The van der Waals surface area contributed by atoms with Crippen LogP contribution in [0, 0.1) is 0 Å². The van der Waals surface area contributed by atoms with Gasteiger partial charge in [-0.25, -0.2) is 4.98 Å². The Morgan fingerprint density at radius 2 is 2.39 bits per heavy atom. The normalized spacial score (nSPS) is 10.1. The molecule has 0 atom stereocenters. The number of carbonyl (C=O) groups excluding carboxylic acids is 2. The van der Waals surface area contributed by atoms with Crippen molar-refractivity contribution < 1.29 is 14.3 Å². The Kier molecular flexibility index (Phi) is 3.68. The molecule has 0 aliphatic carbocycles. The summed E-state index contributed by atoms with van der Waals surface area (Å²) in [7, 11) is 1.32. The van der Waals surface area contributed by atoms with Gasteiger partial charge in [-0.05, 0) is 6.07 Å². The molecule has 0 saturated carbocycles. The van der Waals surface area contributed by atoms with Crippen LogP contribution in [0.5, 0.6) is 0 Å². The van der Waals surface area contributed by atoms with Crippen molar-refractivity contribution in [2.45, 2.75) is 6.42 Å². The summed E-state index contributed by atoms with van der Waals surface area (Å²) >= 11 is 1.24. The molecule has 0 bridgehead atoms. The summed E-state index contributed by atoms with van der Waals surface area (Å²) in [6.07, 6.45) is 1.58. The van der Waals surface area contributed by atoms with Gasteiger partial charge < -0.3 is 4.74 Å². The Bertz CT molecular complexity index is 549. The fourth-order valence-corrected chi connectivity index (χ4v) is 1.92. The molecule has 0 saturated heterocycles. The number of amides is 1. The van der Waals surface area contributed by atoms with E-state index < -0.39 is 0 Å². The average Bonchev–Trinajstić information content (AvgIpc) is 3.00. The van der Waals surface area contributed by atoms with Gasteiger partial charge in [0.15, 0.2) is 5.13 Å². The molecule has 0 aliphatic rings. The standard InChI is InChI=1S/C10H10N4O3S/c1-17-8(15)4-6-5-18-10(12-6)13-9(16)7-2-3-11-14-7/h2-3,5H,4H2,1H3,(H,11,14)(H,12,13,16). The van der Waals surface area contributed by atoms with Gasteiger partial charge in [-0.15, -0.1) is 11.3 Å². The van der Waals surface area contributed by atoms with E-state index in [9.17, 15) is 9.59 Å². The first kappa shape index (κ1) is 12.2. The van der Waals surface area contributed by atoms with E-state index in [0.717, 1.165) is 0 Å². The van der Waals surface area contributed by atoms with Crippen molar-refractivity contribution in [1.82, 2.24) is 15.2 Å². The number of ether oxygens (including phenoxy) is 1. The number of nitrogens with zero attached hydrogens (tertiary/aromatic N) is 2. The summed E-state index contributed by atoms with van der Waals surface area (Å²) in [5.74, 6) is -0.696. The molecule has 2 rings (SSSR count). The van der Waals surface area contributed by atoms with E-state index in [0.29, 0.717) is 16.5 Å². The topological polar surface area (TPSA) is 97.0 Å². The second-order valence-corrected chi connectivity index (χ2v) is 4.18. The van der Waals surface area contributed by atoms with Gasteiger partial charge in [0.25, 0.3) is 5.91 Å². The summed E-state index contributed by atoms with van der Waals surface area (Å²) in [5, 5.41) is 10.9. The zero-order valence-corrected chi connectivity index (χ0v) is 10.3. The van der Waals surface area contributed by atoms with Gasteiger partial charge in [0.05, 0.1) is 19.2 Å². The number of H-pyrrole nitrogens is 1. The number of thiazole rings is 1. The monoisotopic (exact) mass is 266 g/mol. The number of methoxy groups -OCH3 is 1. The molecule has 0 fully saturated rings. The smallest absolute Gasteiger partial charge is 0.311 e. The van der Waals surface area contributed by atoms with E-state index in [1.165, 1.54) is 24.6 Å². The SMILES string of the molecule is COC(=O)Cc1csc(NC(=O)c2ccn[nH]2)n1. The second kappa shape index (κ2) is 5.41. The summed E-state index contributed by atoms with van der Waals surface area (Å²) < 4.78 is 4.53. The molecule has 2 N–H and O–H groups in total. The van der Waals surface area contributed by atoms with Crippen molar-refractivity contribution in [2.24, 2.45) is 0 Å². The Labute approximate surface area is 106 Å². The minimum Gasteiger partial charge on any atom is -0.469 e. The van der Waals surface area contributed by atoms with Crippen LogP contribution in [0.2, 0.25) is 0 Å². The van der Waals surface area contributed by atoms with E-state index >= 15 is 0 Å². The van der Waals surface area contributed by atoms with Crippen LogP contribution in [0.4, 0.5) is 5.13 Å². The van der Waals surface area contributed by atoms with Crippen LogP contribution in [0.1, 0.15) is 16.2 Å². The Balaban J connectivity index is 1.98. The van der Waals surface area contributed by atoms with E-state index in [4.69, 9.17) is 0 Å². The van der Waals surface area contributed by atoms with E-state index in [1.54, 1.807) is 11.4 Å². The van der Waals surface area contributed by atoms with Gasteiger partial charge in [-0.2, -0.15) is 5.10 Å². The molecule has 1 amide bonds. The molecule has 0 radical (unpaired) electrons. The van der Waals surface area contributed by atoms with Crippen LogP contribution in [0.15, 0.2) is 17.6 Å². The first-order chi connectivity index (χ1) is 8.69. The molecule has 0 unspecified atom stereocenters. The van der Waals surface area contributed by atoms with E-state index in [-0.39, 0.29) is 18.3 Å². The lowest BCUT2D eigenvalue weighted by Gasteiger charge is -1.97. The first-order valence-electron chi connectivity index (χ1n) is 5.01. The van der Waals surface area contributed by atoms with Crippen LogP contribution >= 0.6 is 11.3 Å². The molecule has 0 aromatic carbocycles. The molecule has 2 aromatic heterocycles. The highest BCUT2D eigenvalue weighted by atomic mass is 32.1. The van der Waals surface area contributed by atoms with Gasteiger partial charge in [0.2, 0.25) is 0 Å². The number of hydrogen-bond donors (Lipinski definition) is 2. The number of esters is 1. The summed E-state index contributed by atoms with van der Waals surface area (Å²) in [4.78, 5) is 26.8. The molecular weight excluding hydrogens is 256 g/mol. The van der Waals surface area contributed by atoms with Gasteiger partial charge in [0, 0.05) is 11.6 Å². The maximum absolute atomic E-state index is 11.7. The maximum atomic E-state index is 11.7. The average molecular weight is 266 g/mol. The Hall–Kier alpha value is -2.22. The van der Waals surface area contributed by atoms with Crippen molar-refractivity contribution >= 4 is 28.3 Å². The quantitative estimate of drug-likeness (QED) is 0.799. The van der Waals surface area contributed by atoms with Crippen molar-refractivity contribution in [2.75, 3.05) is 12.4 Å². The number of anilines is 1. The summed E-state index contributed by atoms with van der Waals surface area (Å²) in [5.41, 5.74) is 0.909. The van der Waals surface area contributed by atoms with Crippen molar-refractivity contribution in [1.29, 1.82) is 0 Å². The second-order valence-electron chi connectivity index (χ2n) is 3.32. The first-order valence-corrected chi connectivity index (χ1v) is 5.89. The van der Waals surface area contributed by atoms with Crippen LogP contribution in [-0.4, -0.2) is 34.2 Å².